The van der Waals surface area contributed by atoms with Crippen molar-refractivity contribution in [3.8, 4) is 0 Å². The van der Waals surface area contributed by atoms with E-state index in [9.17, 15) is 9.59 Å². The number of carbonyl (C=O) groups excluding carboxylic acids is 2. The maximum absolute atomic E-state index is 12.8. The smallest absolute Gasteiger partial charge is 0.339 e. The zero-order valence-corrected chi connectivity index (χ0v) is 16.1. The number of para-hydroxylation sites is 2. The van der Waals surface area contributed by atoms with E-state index in [2.05, 4.69) is 20.6 Å². The zero-order chi connectivity index (χ0) is 20.9. The molecule has 0 radical (unpaired) electrons. The van der Waals surface area contributed by atoms with Crippen molar-refractivity contribution in [2.75, 3.05) is 17.7 Å². The second-order valence-electron chi connectivity index (χ2n) is 6.46. The lowest BCUT2D eigenvalue weighted by Gasteiger charge is -2.12. The van der Waals surface area contributed by atoms with Gasteiger partial charge in [-0.1, -0.05) is 30.3 Å². The minimum atomic E-state index is -0.455. The number of fused-ring (bicyclic) bond motifs is 1. The van der Waals surface area contributed by atoms with Gasteiger partial charge in [0, 0.05) is 17.8 Å². The van der Waals surface area contributed by atoms with Crippen molar-refractivity contribution in [3.05, 3.63) is 90.4 Å². The van der Waals surface area contributed by atoms with Crippen molar-refractivity contribution in [3.63, 3.8) is 0 Å². The average molecular weight is 398 g/mol. The van der Waals surface area contributed by atoms with Gasteiger partial charge in [0.2, 0.25) is 0 Å². The van der Waals surface area contributed by atoms with Gasteiger partial charge in [-0.05, 0) is 30.3 Å². The minimum Gasteiger partial charge on any atom is -0.465 e. The molecule has 4 aromatic rings. The number of hydrogen-bond acceptors (Lipinski definition) is 6. The Morgan fingerprint density at radius 2 is 1.73 bits per heavy atom. The fraction of sp³-hybridized carbons (Fsp3) is 0.0435. The lowest BCUT2D eigenvalue weighted by Crippen LogP contribution is -2.13. The van der Waals surface area contributed by atoms with E-state index in [-0.39, 0.29) is 5.91 Å². The number of nitrogens with one attached hydrogen (secondary N) is 2. The molecule has 7 heteroatoms. The van der Waals surface area contributed by atoms with E-state index in [4.69, 9.17) is 4.74 Å². The zero-order valence-electron chi connectivity index (χ0n) is 16.1. The van der Waals surface area contributed by atoms with Crippen LogP contribution in [0, 0.1) is 0 Å². The van der Waals surface area contributed by atoms with Crippen molar-refractivity contribution >= 4 is 39.8 Å². The topological polar surface area (TPSA) is 93.2 Å². The number of esters is 1. The maximum Gasteiger partial charge on any atom is 0.339 e. The van der Waals surface area contributed by atoms with Crippen LogP contribution >= 0.6 is 0 Å². The summed E-state index contributed by atoms with van der Waals surface area (Å²) in [7, 11) is 1.33. The fourth-order valence-corrected chi connectivity index (χ4v) is 3.07. The molecule has 148 valence electrons. The highest BCUT2D eigenvalue weighted by molar-refractivity contribution is 6.08. The Hall–Kier alpha value is -4.26. The van der Waals surface area contributed by atoms with Gasteiger partial charge in [-0.3, -0.25) is 14.8 Å². The first kappa shape index (κ1) is 19.1. The Kier molecular flexibility index (Phi) is 5.34. The van der Waals surface area contributed by atoms with Gasteiger partial charge in [-0.2, -0.15) is 0 Å². The van der Waals surface area contributed by atoms with Crippen LogP contribution in [0.5, 0.6) is 0 Å². The van der Waals surface area contributed by atoms with Gasteiger partial charge >= 0.3 is 5.97 Å². The molecule has 30 heavy (non-hydrogen) atoms. The number of carbonyl (C=O) groups is 2. The van der Waals surface area contributed by atoms with Crippen LogP contribution in [0.25, 0.3) is 10.9 Å². The summed E-state index contributed by atoms with van der Waals surface area (Å²) in [5.41, 5.74) is 3.20. The molecule has 2 N–H and O–H groups in total. The standard InChI is InChI=1S/C23H18N4O3/c1-30-23(29)18-8-2-3-9-19(18)26-17-12-16(13-24-14-17)22(28)27-20-10-4-6-15-7-5-11-25-21(15)20/h2-14,26H,1H3,(H,27,28). The van der Waals surface area contributed by atoms with E-state index in [1.165, 1.54) is 13.3 Å². The number of ether oxygens (including phenoxy) is 1. The number of benzene rings is 2. The van der Waals surface area contributed by atoms with E-state index in [0.29, 0.717) is 33.7 Å². The first-order valence-corrected chi connectivity index (χ1v) is 9.20. The van der Waals surface area contributed by atoms with E-state index >= 15 is 0 Å². The molecule has 0 atom stereocenters. The molecule has 0 aliphatic carbocycles. The Morgan fingerprint density at radius 1 is 0.933 bits per heavy atom. The third-order valence-electron chi connectivity index (χ3n) is 4.49. The molecule has 0 unspecified atom stereocenters. The highest BCUT2D eigenvalue weighted by atomic mass is 16.5. The molecule has 4 rings (SSSR count). The first-order chi connectivity index (χ1) is 14.7. The Morgan fingerprint density at radius 3 is 2.60 bits per heavy atom. The second-order valence-corrected chi connectivity index (χ2v) is 6.46. The largest absolute Gasteiger partial charge is 0.465 e. The van der Waals surface area contributed by atoms with Gasteiger partial charge in [0.15, 0.2) is 0 Å². The molecule has 0 fully saturated rings. The summed E-state index contributed by atoms with van der Waals surface area (Å²) in [6, 6.07) is 18.0. The molecule has 2 heterocycles. The molecule has 0 bridgehead atoms. The summed E-state index contributed by atoms with van der Waals surface area (Å²) in [5.74, 6) is -0.769. The van der Waals surface area contributed by atoms with Crippen molar-refractivity contribution in [1.82, 2.24) is 9.97 Å². The summed E-state index contributed by atoms with van der Waals surface area (Å²) in [6.07, 6.45) is 4.73. The molecule has 0 saturated heterocycles. The van der Waals surface area contributed by atoms with E-state index < -0.39 is 5.97 Å². The Bertz CT molecular complexity index is 1230. The molecule has 0 saturated carbocycles. The van der Waals surface area contributed by atoms with Crippen molar-refractivity contribution in [1.29, 1.82) is 0 Å². The van der Waals surface area contributed by atoms with Crippen LogP contribution in [0.1, 0.15) is 20.7 Å². The lowest BCUT2D eigenvalue weighted by atomic mass is 10.1. The van der Waals surface area contributed by atoms with Crippen LogP contribution in [0.15, 0.2) is 79.3 Å². The van der Waals surface area contributed by atoms with Crippen molar-refractivity contribution in [2.45, 2.75) is 0 Å². The van der Waals surface area contributed by atoms with Gasteiger partial charge in [0.1, 0.15) is 0 Å². The summed E-state index contributed by atoms with van der Waals surface area (Å²) in [5, 5.41) is 6.94. The van der Waals surface area contributed by atoms with Gasteiger partial charge < -0.3 is 15.4 Å². The number of pyridine rings is 2. The summed E-state index contributed by atoms with van der Waals surface area (Å²) < 4.78 is 4.81. The van der Waals surface area contributed by atoms with Crippen molar-refractivity contribution in [2.24, 2.45) is 0 Å². The lowest BCUT2D eigenvalue weighted by molar-refractivity contribution is 0.0601. The number of amides is 1. The Balaban J connectivity index is 1.58. The molecule has 7 nitrogen and oxygen atoms in total. The summed E-state index contributed by atoms with van der Waals surface area (Å²) in [4.78, 5) is 33.3. The number of rotatable bonds is 5. The third-order valence-corrected chi connectivity index (χ3v) is 4.49. The van der Waals surface area contributed by atoms with Crippen LogP contribution in [-0.4, -0.2) is 29.0 Å². The second kappa shape index (κ2) is 8.40. The minimum absolute atomic E-state index is 0.314. The van der Waals surface area contributed by atoms with Crippen LogP contribution in [-0.2, 0) is 4.74 Å². The van der Waals surface area contributed by atoms with Gasteiger partial charge in [-0.15, -0.1) is 0 Å². The monoisotopic (exact) mass is 398 g/mol. The van der Waals surface area contributed by atoms with E-state index in [1.54, 1.807) is 48.8 Å². The summed E-state index contributed by atoms with van der Waals surface area (Å²) in [6.45, 7) is 0. The highest BCUT2D eigenvalue weighted by Crippen LogP contribution is 2.24. The third kappa shape index (κ3) is 3.95. The number of hydrogen-bond donors (Lipinski definition) is 2. The van der Waals surface area contributed by atoms with Crippen LogP contribution in [0.4, 0.5) is 17.1 Å². The normalized spacial score (nSPS) is 10.4. The highest BCUT2D eigenvalue weighted by Gasteiger charge is 2.13. The molecule has 2 aromatic heterocycles. The number of anilines is 3. The molecule has 0 spiro atoms. The molecule has 2 aromatic carbocycles. The maximum atomic E-state index is 12.8. The fourth-order valence-electron chi connectivity index (χ4n) is 3.07. The number of aromatic nitrogens is 2. The van der Waals surface area contributed by atoms with Gasteiger partial charge in [0.05, 0.1) is 47.0 Å². The average Bonchev–Trinajstić information content (AvgIpc) is 2.79. The van der Waals surface area contributed by atoms with Gasteiger partial charge in [0.25, 0.3) is 5.91 Å². The van der Waals surface area contributed by atoms with Crippen molar-refractivity contribution < 1.29 is 14.3 Å². The Labute approximate surface area is 172 Å². The van der Waals surface area contributed by atoms with E-state index in [1.807, 2.05) is 24.3 Å². The molecule has 1 amide bonds. The molecule has 0 aliphatic heterocycles. The predicted molar refractivity (Wildman–Crippen MR) is 115 cm³/mol. The van der Waals surface area contributed by atoms with Crippen LogP contribution < -0.4 is 10.6 Å². The molecular formula is C23H18N4O3. The SMILES string of the molecule is COC(=O)c1ccccc1Nc1cncc(C(=O)Nc2cccc3cccnc23)c1. The van der Waals surface area contributed by atoms with E-state index in [0.717, 1.165) is 5.39 Å². The first-order valence-electron chi connectivity index (χ1n) is 9.20. The summed E-state index contributed by atoms with van der Waals surface area (Å²) >= 11 is 0. The van der Waals surface area contributed by atoms with Crippen LogP contribution in [0.2, 0.25) is 0 Å². The number of nitrogens with zero attached hydrogens (tertiary/aromatic N) is 2. The number of methoxy groups -OCH3 is 1. The predicted octanol–water partition coefficient (Wildman–Crippen LogP) is 4.41. The molecule has 0 aliphatic rings. The van der Waals surface area contributed by atoms with Crippen LogP contribution in [0.3, 0.4) is 0 Å². The van der Waals surface area contributed by atoms with Gasteiger partial charge in [-0.25, -0.2) is 4.79 Å². The molecular weight excluding hydrogens is 380 g/mol. The quantitative estimate of drug-likeness (QED) is 0.484.